The fourth-order valence-corrected chi connectivity index (χ4v) is 5.13. The number of piperazine rings is 1. The molecule has 1 fully saturated rings. The second kappa shape index (κ2) is 8.91. The molecule has 31 heavy (non-hydrogen) atoms. The molecule has 0 atom stereocenters. The number of hydrogen-bond donors (Lipinski definition) is 0. The lowest BCUT2D eigenvalue weighted by atomic mass is 10.0. The van der Waals surface area contributed by atoms with Crippen molar-refractivity contribution in [2.45, 2.75) is 4.90 Å². The van der Waals surface area contributed by atoms with Crippen LogP contribution in [0.15, 0.2) is 77.7 Å². The first kappa shape index (κ1) is 21.1. The van der Waals surface area contributed by atoms with Crippen molar-refractivity contribution in [1.29, 1.82) is 0 Å². The molecule has 0 saturated carbocycles. The van der Waals surface area contributed by atoms with E-state index in [1.807, 2.05) is 48.5 Å². The maximum absolute atomic E-state index is 12.9. The second-order valence-corrected chi connectivity index (χ2v) is 9.24. The molecule has 1 aliphatic heterocycles. The van der Waals surface area contributed by atoms with Gasteiger partial charge in [-0.05, 0) is 46.7 Å². The van der Waals surface area contributed by atoms with Crippen molar-refractivity contribution < 1.29 is 17.9 Å². The van der Waals surface area contributed by atoms with Gasteiger partial charge in [-0.15, -0.1) is 0 Å². The van der Waals surface area contributed by atoms with Crippen LogP contribution >= 0.6 is 0 Å². The van der Waals surface area contributed by atoms with E-state index in [1.165, 1.54) is 11.4 Å². The number of sulfonamides is 1. The quantitative estimate of drug-likeness (QED) is 0.575. The molecule has 1 amide bonds. The van der Waals surface area contributed by atoms with Gasteiger partial charge in [0.05, 0.1) is 12.0 Å². The van der Waals surface area contributed by atoms with Gasteiger partial charge < -0.3 is 9.64 Å². The molecule has 7 heteroatoms. The molecule has 1 aliphatic rings. The van der Waals surface area contributed by atoms with Crippen molar-refractivity contribution in [3.05, 3.63) is 78.4 Å². The Bertz CT molecular complexity index is 1210. The summed E-state index contributed by atoms with van der Waals surface area (Å²) in [6.45, 7) is 1.24. The van der Waals surface area contributed by atoms with Crippen LogP contribution in [0, 0.1) is 0 Å². The lowest BCUT2D eigenvalue weighted by molar-refractivity contribution is -0.127. The van der Waals surface area contributed by atoms with Crippen molar-refractivity contribution >= 4 is 32.8 Å². The monoisotopic (exact) mass is 436 g/mol. The average molecular weight is 437 g/mol. The molecular weight excluding hydrogens is 412 g/mol. The maximum Gasteiger partial charge on any atom is 0.246 e. The van der Waals surface area contributed by atoms with Crippen LogP contribution in [-0.2, 0) is 14.8 Å². The molecule has 4 rings (SSSR count). The van der Waals surface area contributed by atoms with E-state index in [0.29, 0.717) is 18.8 Å². The van der Waals surface area contributed by atoms with E-state index >= 15 is 0 Å². The van der Waals surface area contributed by atoms with Crippen LogP contribution in [0.3, 0.4) is 0 Å². The summed E-state index contributed by atoms with van der Waals surface area (Å²) in [6.07, 6.45) is 3.39. The number of carbonyl (C=O) groups excluding carboxylic acids is 1. The number of nitrogens with zero attached hydrogens (tertiary/aromatic N) is 2. The topological polar surface area (TPSA) is 66.9 Å². The normalized spacial score (nSPS) is 15.5. The fourth-order valence-electron chi connectivity index (χ4n) is 3.71. The van der Waals surface area contributed by atoms with E-state index in [-0.39, 0.29) is 23.9 Å². The van der Waals surface area contributed by atoms with Gasteiger partial charge in [0, 0.05) is 32.3 Å². The first-order chi connectivity index (χ1) is 15.0. The average Bonchev–Trinajstić information content (AvgIpc) is 2.82. The Kier molecular flexibility index (Phi) is 6.06. The minimum Gasteiger partial charge on any atom is -0.497 e. The zero-order valence-corrected chi connectivity index (χ0v) is 18.1. The molecule has 1 saturated heterocycles. The van der Waals surface area contributed by atoms with Gasteiger partial charge in [0.25, 0.3) is 0 Å². The molecule has 0 aliphatic carbocycles. The molecule has 0 N–H and O–H groups in total. The van der Waals surface area contributed by atoms with Crippen molar-refractivity contribution in [2.75, 3.05) is 33.3 Å². The lowest BCUT2D eigenvalue weighted by Crippen LogP contribution is -2.50. The molecule has 3 aromatic rings. The van der Waals surface area contributed by atoms with E-state index < -0.39 is 10.0 Å². The molecular formula is C24H24N2O4S. The first-order valence-corrected chi connectivity index (χ1v) is 11.5. The second-order valence-electron chi connectivity index (χ2n) is 7.31. The number of rotatable bonds is 5. The summed E-state index contributed by atoms with van der Waals surface area (Å²) in [6, 6.07) is 20.4. The van der Waals surface area contributed by atoms with Gasteiger partial charge in [-0.2, -0.15) is 4.31 Å². The smallest absolute Gasteiger partial charge is 0.246 e. The zero-order valence-electron chi connectivity index (χ0n) is 17.3. The van der Waals surface area contributed by atoms with Crippen LogP contribution in [0.1, 0.15) is 5.56 Å². The number of hydrogen-bond acceptors (Lipinski definition) is 4. The third-order valence-corrected chi connectivity index (χ3v) is 7.39. The largest absolute Gasteiger partial charge is 0.497 e. The van der Waals surface area contributed by atoms with Crippen LogP contribution in [0.5, 0.6) is 5.75 Å². The van der Waals surface area contributed by atoms with Gasteiger partial charge in [0.2, 0.25) is 15.9 Å². The summed E-state index contributed by atoms with van der Waals surface area (Å²) in [5.41, 5.74) is 0.979. The highest BCUT2D eigenvalue weighted by molar-refractivity contribution is 7.89. The van der Waals surface area contributed by atoms with Crippen LogP contribution in [0.2, 0.25) is 0 Å². The molecule has 160 valence electrons. The van der Waals surface area contributed by atoms with Crippen molar-refractivity contribution in [3.63, 3.8) is 0 Å². The standard InChI is InChI=1S/C24H24N2O4S/c1-30-21-10-12-22(13-11-21)31(28,29)26-17-15-25(16-18-26)24(27)14-9-20-7-4-6-19-5-2-3-8-23(19)20/h2-14H,15-18H2,1H3/b14-9+. The van der Waals surface area contributed by atoms with E-state index in [4.69, 9.17) is 4.74 Å². The summed E-state index contributed by atoms with van der Waals surface area (Å²) in [5.74, 6) is 0.488. The van der Waals surface area contributed by atoms with Gasteiger partial charge in [0.15, 0.2) is 0 Å². The highest BCUT2D eigenvalue weighted by atomic mass is 32.2. The number of fused-ring (bicyclic) bond motifs is 1. The molecule has 3 aromatic carbocycles. The van der Waals surface area contributed by atoms with E-state index in [1.54, 1.807) is 35.2 Å². The number of carbonyl (C=O) groups is 1. The Hall–Kier alpha value is -3.16. The maximum atomic E-state index is 12.9. The molecule has 6 nitrogen and oxygen atoms in total. The third-order valence-electron chi connectivity index (χ3n) is 5.48. The predicted molar refractivity (Wildman–Crippen MR) is 121 cm³/mol. The Morgan fingerprint density at radius 3 is 2.29 bits per heavy atom. The Morgan fingerprint density at radius 1 is 0.903 bits per heavy atom. The number of amides is 1. The summed E-state index contributed by atoms with van der Waals surface area (Å²) < 4.78 is 32.2. The van der Waals surface area contributed by atoms with Crippen molar-refractivity contribution in [2.24, 2.45) is 0 Å². The molecule has 0 aromatic heterocycles. The predicted octanol–water partition coefficient (Wildman–Crippen LogP) is 3.39. The van der Waals surface area contributed by atoms with Crippen LogP contribution in [0.4, 0.5) is 0 Å². The molecule has 0 unspecified atom stereocenters. The Balaban J connectivity index is 1.41. The molecule has 0 spiro atoms. The molecule has 1 heterocycles. The van der Waals surface area contributed by atoms with E-state index in [9.17, 15) is 13.2 Å². The minimum atomic E-state index is -3.59. The number of methoxy groups -OCH3 is 1. The summed E-state index contributed by atoms with van der Waals surface area (Å²) in [4.78, 5) is 14.6. The summed E-state index contributed by atoms with van der Waals surface area (Å²) in [5, 5.41) is 2.21. The van der Waals surface area contributed by atoms with E-state index in [2.05, 4.69) is 0 Å². The van der Waals surface area contributed by atoms with Crippen LogP contribution < -0.4 is 4.74 Å². The minimum absolute atomic E-state index is 0.116. The number of benzene rings is 3. The van der Waals surface area contributed by atoms with Gasteiger partial charge in [0.1, 0.15) is 5.75 Å². The van der Waals surface area contributed by atoms with Crippen molar-refractivity contribution in [3.8, 4) is 5.75 Å². The molecule has 0 bridgehead atoms. The highest BCUT2D eigenvalue weighted by Gasteiger charge is 2.29. The summed E-state index contributed by atoms with van der Waals surface area (Å²) in [7, 11) is -2.06. The van der Waals surface area contributed by atoms with Gasteiger partial charge >= 0.3 is 0 Å². The SMILES string of the molecule is COc1ccc(S(=O)(=O)N2CCN(C(=O)/C=C/c3cccc4ccccc34)CC2)cc1. The summed E-state index contributed by atoms with van der Waals surface area (Å²) >= 11 is 0. The van der Waals surface area contributed by atoms with Crippen LogP contribution in [-0.4, -0.2) is 56.8 Å². The Morgan fingerprint density at radius 2 is 1.58 bits per heavy atom. The third kappa shape index (κ3) is 4.47. The Labute approximate surface area is 182 Å². The van der Waals surface area contributed by atoms with Crippen LogP contribution in [0.25, 0.3) is 16.8 Å². The van der Waals surface area contributed by atoms with Gasteiger partial charge in [-0.3, -0.25) is 4.79 Å². The zero-order chi connectivity index (χ0) is 21.8. The number of ether oxygens (including phenoxy) is 1. The van der Waals surface area contributed by atoms with Gasteiger partial charge in [-0.1, -0.05) is 42.5 Å². The fraction of sp³-hybridized carbons (Fsp3) is 0.208. The lowest BCUT2D eigenvalue weighted by Gasteiger charge is -2.33. The van der Waals surface area contributed by atoms with Crippen molar-refractivity contribution in [1.82, 2.24) is 9.21 Å². The van der Waals surface area contributed by atoms with Gasteiger partial charge in [-0.25, -0.2) is 8.42 Å². The highest BCUT2D eigenvalue weighted by Crippen LogP contribution is 2.22. The van der Waals surface area contributed by atoms with E-state index in [0.717, 1.165) is 16.3 Å². The first-order valence-electron chi connectivity index (χ1n) is 10.1. The molecule has 0 radical (unpaired) electrons.